The van der Waals surface area contributed by atoms with Crippen LogP contribution in [0, 0.1) is 0 Å². The van der Waals surface area contributed by atoms with Crippen molar-refractivity contribution in [2.24, 2.45) is 0 Å². The molecule has 2 aromatic rings. The highest BCUT2D eigenvalue weighted by molar-refractivity contribution is 7.92. The van der Waals surface area contributed by atoms with E-state index in [0.717, 1.165) is 16.9 Å². The number of carbonyl (C=O) groups excluding carboxylic acids is 1. The maximum Gasteiger partial charge on any atom is 0.261 e. The molecule has 0 atom stereocenters. The molecule has 0 unspecified atom stereocenters. The van der Waals surface area contributed by atoms with Crippen LogP contribution in [0.25, 0.3) is 0 Å². The minimum atomic E-state index is -3.68. The van der Waals surface area contributed by atoms with Crippen molar-refractivity contribution in [1.82, 2.24) is 4.90 Å². The lowest BCUT2D eigenvalue weighted by Crippen LogP contribution is -2.41. The third kappa shape index (κ3) is 4.13. The standard InChI is InChI=1S/C20H22N2O5S/c23-20(22-8-11-26-12-9-22)13-15-1-3-17(4-2-15)21-28(24,25)18-5-6-19-16(14-18)7-10-27-19/h1-6,14,21H,7-13H2. The van der Waals surface area contributed by atoms with E-state index in [1.54, 1.807) is 47.4 Å². The van der Waals surface area contributed by atoms with Crippen molar-refractivity contribution in [1.29, 1.82) is 0 Å². The fourth-order valence-electron chi connectivity index (χ4n) is 3.33. The summed E-state index contributed by atoms with van der Waals surface area (Å²) in [4.78, 5) is 14.3. The van der Waals surface area contributed by atoms with Crippen molar-refractivity contribution in [3.8, 4) is 5.75 Å². The molecule has 1 saturated heterocycles. The predicted molar refractivity (Wildman–Crippen MR) is 104 cm³/mol. The zero-order valence-electron chi connectivity index (χ0n) is 15.4. The second-order valence-electron chi connectivity index (χ2n) is 6.84. The molecule has 2 aliphatic heterocycles. The molecular weight excluding hydrogens is 380 g/mol. The molecule has 0 aromatic heterocycles. The number of rotatable bonds is 5. The molecule has 1 fully saturated rings. The van der Waals surface area contributed by atoms with Gasteiger partial charge in [0.1, 0.15) is 5.75 Å². The molecule has 1 N–H and O–H groups in total. The number of sulfonamides is 1. The van der Waals surface area contributed by atoms with E-state index < -0.39 is 10.0 Å². The SMILES string of the molecule is O=C(Cc1ccc(NS(=O)(=O)c2ccc3c(c2)CCO3)cc1)N1CCOCC1. The number of ether oxygens (including phenoxy) is 2. The Morgan fingerprint density at radius 2 is 1.79 bits per heavy atom. The van der Waals surface area contributed by atoms with Gasteiger partial charge >= 0.3 is 0 Å². The van der Waals surface area contributed by atoms with Crippen LogP contribution in [-0.2, 0) is 32.4 Å². The lowest BCUT2D eigenvalue weighted by molar-refractivity contribution is -0.134. The van der Waals surface area contributed by atoms with E-state index in [1.807, 2.05) is 0 Å². The monoisotopic (exact) mass is 402 g/mol. The average molecular weight is 402 g/mol. The Labute approximate surface area is 164 Å². The molecule has 4 rings (SSSR count). The smallest absolute Gasteiger partial charge is 0.261 e. The fourth-order valence-corrected chi connectivity index (χ4v) is 4.44. The van der Waals surface area contributed by atoms with Gasteiger partial charge in [0.05, 0.1) is 31.1 Å². The molecule has 148 valence electrons. The summed E-state index contributed by atoms with van der Waals surface area (Å²) in [5, 5.41) is 0. The van der Waals surface area contributed by atoms with Gasteiger partial charge in [-0.2, -0.15) is 0 Å². The number of morpholine rings is 1. The predicted octanol–water partition coefficient (Wildman–Crippen LogP) is 1.82. The summed E-state index contributed by atoms with van der Waals surface area (Å²) in [7, 11) is -3.68. The van der Waals surface area contributed by atoms with Crippen molar-refractivity contribution in [3.63, 3.8) is 0 Å². The minimum Gasteiger partial charge on any atom is -0.493 e. The molecule has 2 aliphatic rings. The van der Waals surface area contributed by atoms with Gasteiger partial charge in [0.25, 0.3) is 10.0 Å². The number of hydrogen-bond acceptors (Lipinski definition) is 5. The Morgan fingerprint density at radius 1 is 1.04 bits per heavy atom. The van der Waals surface area contributed by atoms with Gasteiger partial charge in [-0.05, 0) is 41.5 Å². The summed E-state index contributed by atoms with van der Waals surface area (Å²) in [6, 6.07) is 11.8. The Kier molecular flexibility index (Phi) is 5.23. The first-order valence-corrected chi connectivity index (χ1v) is 10.7. The minimum absolute atomic E-state index is 0.0528. The van der Waals surface area contributed by atoms with Crippen LogP contribution >= 0.6 is 0 Å². The first kappa shape index (κ1) is 18.8. The summed E-state index contributed by atoms with van der Waals surface area (Å²) in [5.74, 6) is 0.797. The molecule has 0 spiro atoms. The summed E-state index contributed by atoms with van der Waals surface area (Å²) in [6.07, 6.45) is 1.00. The number of amides is 1. The van der Waals surface area contributed by atoms with Crippen molar-refractivity contribution < 1.29 is 22.7 Å². The van der Waals surface area contributed by atoms with Crippen molar-refractivity contribution >= 4 is 21.6 Å². The first-order valence-electron chi connectivity index (χ1n) is 9.24. The molecule has 28 heavy (non-hydrogen) atoms. The maximum absolute atomic E-state index is 12.6. The lowest BCUT2D eigenvalue weighted by Gasteiger charge is -2.26. The van der Waals surface area contributed by atoms with Gasteiger partial charge in [-0.25, -0.2) is 8.42 Å². The molecule has 1 amide bonds. The van der Waals surface area contributed by atoms with Crippen LogP contribution in [0.1, 0.15) is 11.1 Å². The highest BCUT2D eigenvalue weighted by Gasteiger charge is 2.20. The zero-order valence-corrected chi connectivity index (χ0v) is 16.2. The van der Waals surface area contributed by atoms with Crippen molar-refractivity contribution in [2.45, 2.75) is 17.7 Å². The number of benzene rings is 2. The van der Waals surface area contributed by atoms with E-state index in [1.165, 1.54) is 0 Å². The number of fused-ring (bicyclic) bond motifs is 1. The number of nitrogens with one attached hydrogen (secondary N) is 1. The second-order valence-corrected chi connectivity index (χ2v) is 8.52. The number of anilines is 1. The van der Waals surface area contributed by atoms with E-state index >= 15 is 0 Å². The molecule has 8 heteroatoms. The second kappa shape index (κ2) is 7.81. The normalized spacial score (nSPS) is 16.4. The summed E-state index contributed by atoms with van der Waals surface area (Å²) in [5.41, 5.74) is 2.20. The number of hydrogen-bond donors (Lipinski definition) is 1. The Hall–Kier alpha value is -2.58. The highest BCUT2D eigenvalue weighted by Crippen LogP contribution is 2.28. The maximum atomic E-state index is 12.6. The van der Waals surface area contributed by atoms with Gasteiger partial charge in [0.2, 0.25) is 5.91 Å². The zero-order chi connectivity index (χ0) is 19.6. The third-order valence-corrected chi connectivity index (χ3v) is 6.28. The van der Waals surface area contributed by atoms with Crippen LogP contribution in [0.4, 0.5) is 5.69 Å². The topological polar surface area (TPSA) is 84.9 Å². The van der Waals surface area contributed by atoms with Gasteiger partial charge in [-0.3, -0.25) is 9.52 Å². The molecular formula is C20H22N2O5S. The van der Waals surface area contributed by atoms with E-state index in [4.69, 9.17) is 9.47 Å². The van der Waals surface area contributed by atoms with Crippen LogP contribution in [-0.4, -0.2) is 52.1 Å². The summed E-state index contributed by atoms with van der Waals surface area (Å²) >= 11 is 0. The van der Waals surface area contributed by atoms with Crippen LogP contribution in [0.5, 0.6) is 5.75 Å². The van der Waals surface area contributed by atoms with Crippen LogP contribution in [0.3, 0.4) is 0 Å². The Bertz CT molecular complexity index is 967. The van der Waals surface area contributed by atoms with Gasteiger partial charge < -0.3 is 14.4 Å². The van der Waals surface area contributed by atoms with Gasteiger partial charge in [-0.1, -0.05) is 12.1 Å². The number of nitrogens with zero attached hydrogens (tertiary/aromatic N) is 1. The molecule has 2 aromatic carbocycles. The molecule has 7 nitrogen and oxygen atoms in total. The van der Waals surface area contributed by atoms with E-state index in [-0.39, 0.29) is 17.2 Å². The van der Waals surface area contributed by atoms with Crippen LogP contribution in [0.2, 0.25) is 0 Å². The highest BCUT2D eigenvalue weighted by atomic mass is 32.2. The lowest BCUT2D eigenvalue weighted by atomic mass is 10.1. The first-order chi connectivity index (χ1) is 13.5. The van der Waals surface area contributed by atoms with Crippen LogP contribution < -0.4 is 9.46 Å². The van der Waals surface area contributed by atoms with E-state index in [0.29, 0.717) is 45.0 Å². The Morgan fingerprint density at radius 3 is 2.54 bits per heavy atom. The van der Waals surface area contributed by atoms with Crippen LogP contribution in [0.15, 0.2) is 47.4 Å². The van der Waals surface area contributed by atoms with Gasteiger partial charge in [0, 0.05) is 25.2 Å². The average Bonchev–Trinajstić information content (AvgIpc) is 3.18. The third-order valence-electron chi connectivity index (χ3n) is 4.90. The molecule has 2 heterocycles. The molecule has 0 bridgehead atoms. The van der Waals surface area contributed by atoms with Gasteiger partial charge in [-0.15, -0.1) is 0 Å². The van der Waals surface area contributed by atoms with Crippen molar-refractivity contribution in [3.05, 3.63) is 53.6 Å². The summed E-state index contributed by atoms with van der Waals surface area (Å²) < 4.78 is 38.6. The number of carbonyl (C=O) groups is 1. The molecule has 0 saturated carbocycles. The largest absolute Gasteiger partial charge is 0.493 e. The molecule has 0 aliphatic carbocycles. The summed E-state index contributed by atoms with van der Waals surface area (Å²) in [6.45, 7) is 2.95. The van der Waals surface area contributed by atoms with E-state index in [9.17, 15) is 13.2 Å². The fraction of sp³-hybridized carbons (Fsp3) is 0.350. The van der Waals surface area contributed by atoms with Crippen molar-refractivity contribution in [2.75, 3.05) is 37.6 Å². The molecule has 0 radical (unpaired) electrons. The van der Waals surface area contributed by atoms with Gasteiger partial charge in [0.15, 0.2) is 0 Å². The quantitative estimate of drug-likeness (QED) is 0.825. The van der Waals surface area contributed by atoms with E-state index in [2.05, 4.69) is 4.72 Å². The Balaban J connectivity index is 1.41.